The monoisotopic (exact) mass is 334 g/mol. The van der Waals surface area contributed by atoms with E-state index in [4.69, 9.17) is 14.2 Å². The van der Waals surface area contributed by atoms with Crippen LogP contribution in [0, 0.1) is 17.3 Å². The number of fused-ring (bicyclic) bond motifs is 1. The van der Waals surface area contributed by atoms with E-state index in [9.17, 15) is 14.4 Å². The molecule has 2 aliphatic rings. The molecule has 1 aliphatic heterocycles. The van der Waals surface area contributed by atoms with Gasteiger partial charge in [0.25, 0.3) is 0 Å². The summed E-state index contributed by atoms with van der Waals surface area (Å²) in [6.45, 7) is 10.4. The van der Waals surface area contributed by atoms with E-state index >= 15 is 0 Å². The Morgan fingerprint density at radius 1 is 1.25 bits per heavy atom. The van der Waals surface area contributed by atoms with Gasteiger partial charge < -0.3 is 14.2 Å². The molecule has 1 heterocycles. The summed E-state index contributed by atoms with van der Waals surface area (Å²) >= 11 is 0. The van der Waals surface area contributed by atoms with E-state index in [1.54, 1.807) is 26.0 Å². The number of rotatable bonds is 7. The Balaban J connectivity index is 2.48. The Hall–Kier alpha value is -2.37. The second-order valence-electron chi connectivity index (χ2n) is 6.19. The van der Waals surface area contributed by atoms with Crippen LogP contribution in [0.1, 0.15) is 20.3 Å². The Morgan fingerprint density at radius 2 is 1.79 bits per heavy atom. The first kappa shape index (κ1) is 18.0. The summed E-state index contributed by atoms with van der Waals surface area (Å²) in [7, 11) is 0. The number of allylic oxidation sites excluding steroid dienone is 2. The molecule has 24 heavy (non-hydrogen) atoms. The Morgan fingerprint density at radius 3 is 2.21 bits per heavy atom. The first-order valence-corrected chi connectivity index (χ1v) is 7.79. The van der Waals surface area contributed by atoms with Gasteiger partial charge in [0.15, 0.2) is 5.41 Å². The van der Waals surface area contributed by atoms with E-state index in [1.807, 2.05) is 0 Å². The molecule has 0 radical (unpaired) electrons. The Bertz CT molecular complexity index is 581. The van der Waals surface area contributed by atoms with Crippen molar-refractivity contribution in [3.05, 3.63) is 37.5 Å². The first-order chi connectivity index (χ1) is 11.4. The molecule has 0 unspecified atom stereocenters. The molecular formula is C18H22O6. The largest absolute Gasteiger partial charge is 0.461 e. The van der Waals surface area contributed by atoms with Crippen LogP contribution in [0.25, 0.3) is 0 Å². The van der Waals surface area contributed by atoms with Crippen molar-refractivity contribution in [2.45, 2.75) is 25.9 Å². The smallest absolute Gasteiger partial charge is 0.324 e. The van der Waals surface area contributed by atoms with Crippen LogP contribution in [-0.4, -0.2) is 36.7 Å². The first-order valence-electron chi connectivity index (χ1n) is 7.79. The maximum atomic E-state index is 12.8. The molecule has 1 saturated heterocycles. The highest BCUT2D eigenvalue weighted by Crippen LogP contribution is 2.61. The molecular weight excluding hydrogens is 312 g/mol. The molecule has 1 aliphatic carbocycles. The van der Waals surface area contributed by atoms with Crippen molar-refractivity contribution < 1.29 is 28.6 Å². The van der Waals surface area contributed by atoms with Gasteiger partial charge >= 0.3 is 17.9 Å². The van der Waals surface area contributed by atoms with Crippen LogP contribution >= 0.6 is 0 Å². The fourth-order valence-electron chi connectivity index (χ4n) is 3.69. The molecule has 1 saturated carbocycles. The number of ether oxygens (including phenoxy) is 3. The average molecular weight is 334 g/mol. The van der Waals surface area contributed by atoms with Crippen LogP contribution in [-0.2, 0) is 28.6 Å². The fourth-order valence-corrected chi connectivity index (χ4v) is 3.69. The quantitative estimate of drug-likeness (QED) is 0.306. The summed E-state index contributed by atoms with van der Waals surface area (Å²) in [4.78, 5) is 37.5. The molecule has 130 valence electrons. The minimum Gasteiger partial charge on any atom is -0.461 e. The van der Waals surface area contributed by atoms with Crippen LogP contribution in [0.5, 0.6) is 0 Å². The third kappa shape index (κ3) is 2.56. The molecule has 0 aromatic rings. The molecule has 0 aromatic carbocycles. The van der Waals surface area contributed by atoms with E-state index in [0.29, 0.717) is 0 Å². The lowest BCUT2D eigenvalue weighted by molar-refractivity contribution is -0.204. The molecule has 2 rings (SSSR count). The van der Waals surface area contributed by atoms with E-state index in [2.05, 4.69) is 13.2 Å². The number of carbonyl (C=O) groups is 3. The van der Waals surface area contributed by atoms with Crippen LogP contribution < -0.4 is 0 Å². The highest BCUT2D eigenvalue weighted by molar-refractivity contribution is 6.03. The Labute approximate surface area is 141 Å². The molecule has 6 heteroatoms. The second kappa shape index (κ2) is 6.63. The van der Waals surface area contributed by atoms with Crippen molar-refractivity contribution >= 4 is 17.9 Å². The summed E-state index contributed by atoms with van der Waals surface area (Å²) in [5.74, 6) is -3.14. The SMILES string of the molecule is C=CCOC(=O)C1(C(=O)OCC=C)C[C@@]2(C)OC(=O)[C@H]2[C@@H]1/C=C/C. The lowest BCUT2D eigenvalue weighted by Crippen LogP contribution is -2.53. The minimum absolute atomic E-state index is 0.0252. The highest BCUT2D eigenvalue weighted by atomic mass is 16.6. The molecule has 2 fully saturated rings. The third-order valence-electron chi connectivity index (χ3n) is 4.60. The fraction of sp³-hybridized carbons (Fsp3) is 0.500. The van der Waals surface area contributed by atoms with E-state index < -0.39 is 40.8 Å². The number of carbonyl (C=O) groups excluding carboxylic acids is 3. The van der Waals surface area contributed by atoms with Gasteiger partial charge in [-0.15, -0.1) is 0 Å². The predicted molar refractivity (Wildman–Crippen MR) is 85.7 cm³/mol. The van der Waals surface area contributed by atoms with Crippen molar-refractivity contribution in [2.75, 3.05) is 13.2 Å². The van der Waals surface area contributed by atoms with Gasteiger partial charge in [0, 0.05) is 12.3 Å². The van der Waals surface area contributed by atoms with Gasteiger partial charge in [0.2, 0.25) is 0 Å². The zero-order valence-corrected chi connectivity index (χ0v) is 13.9. The van der Waals surface area contributed by atoms with Gasteiger partial charge in [-0.2, -0.15) is 0 Å². The molecule has 0 spiro atoms. The molecule has 3 atom stereocenters. The van der Waals surface area contributed by atoms with Crippen LogP contribution in [0.3, 0.4) is 0 Å². The van der Waals surface area contributed by atoms with Gasteiger partial charge in [0.1, 0.15) is 24.7 Å². The summed E-state index contributed by atoms with van der Waals surface area (Å²) < 4.78 is 15.6. The minimum atomic E-state index is -1.62. The van der Waals surface area contributed by atoms with Crippen molar-refractivity contribution in [2.24, 2.45) is 17.3 Å². The van der Waals surface area contributed by atoms with Crippen molar-refractivity contribution in [1.29, 1.82) is 0 Å². The normalized spacial score (nSPS) is 30.0. The number of esters is 3. The lowest BCUT2D eigenvalue weighted by atomic mass is 9.74. The van der Waals surface area contributed by atoms with Gasteiger partial charge in [-0.1, -0.05) is 37.5 Å². The summed E-state index contributed by atoms with van der Waals surface area (Å²) in [6.07, 6.45) is 6.24. The molecule has 0 amide bonds. The molecule has 0 bridgehead atoms. The Kier molecular flexibility index (Phi) is 4.96. The number of hydrogen-bond donors (Lipinski definition) is 0. The van der Waals surface area contributed by atoms with Crippen molar-refractivity contribution in [1.82, 2.24) is 0 Å². The van der Waals surface area contributed by atoms with Gasteiger partial charge in [-0.25, -0.2) is 0 Å². The maximum absolute atomic E-state index is 12.8. The summed E-state index contributed by atoms with van der Waals surface area (Å²) in [5.41, 5.74) is -2.51. The maximum Gasteiger partial charge on any atom is 0.324 e. The van der Waals surface area contributed by atoms with Crippen molar-refractivity contribution in [3.63, 3.8) is 0 Å². The van der Waals surface area contributed by atoms with Crippen molar-refractivity contribution in [3.8, 4) is 0 Å². The van der Waals surface area contributed by atoms with Gasteiger partial charge in [-0.05, 0) is 13.8 Å². The van der Waals surface area contributed by atoms with Gasteiger partial charge in [0.05, 0.1) is 0 Å². The summed E-state index contributed by atoms with van der Waals surface area (Å²) in [6, 6.07) is 0. The highest BCUT2D eigenvalue weighted by Gasteiger charge is 2.75. The number of hydrogen-bond acceptors (Lipinski definition) is 6. The van der Waals surface area contributed by atoms with Crippen LogP contribution in [0.15, 0.2) is 37.5 Å². The van der Waals surface area contributed by atoms with Gasteiger partial charge in [-0.3, -0.25) is 14.4 Å². The molecule has 6 nitrogen and oxygen atoms in total. The van der Waals surface area contributed by atoms with Crippen LogP contribution in [0.4, 0.5) is 0 Å². The van der Waals surface area contributed by atoms with E-state index in [-0.39, 0.29) is 19.6 Å². The lowest BCUT2D eigenvalue weighted by Gasteiger charge is -2.41. The average Bonchev–Trinajstić information content (AvgIpc) is 2.75. The molecule has 0 aromatic heterocycles. The standard InChI is InChI=1S/C18H22O6/c1-5-8-12-13-14(19)24-17(13,4)11-18(12,15(20)22-9-6-2)16(21)23-10-7-3/h5-8,12-13H,2-3,9-11H2,1,4H3/b8-5+/t12-,13+,17+/m0/s1. The summed E-state index contributed by atoms with van der Waals surface area (Å²) in [5, 5.41) is 0. The molecule has 0 N–H and O–H groups in total. The van der Waals surface area contributed by atoms with Crippen LogP contribution in [0.2, 0.25) is 0 Å². The zero-order chi connectivity index (χ0) is 18.0. The predicted octanol–water partition coefficient (Wildman–Crippen LogP) is 1.96. The third-order valence-corrected chi connectivity index (χ3v) is 4.60. The van der Waals surface area contributed by atoms with E-state index in [1.165, 1.54) is 12.2 Å². The zero-order valence-electron chi connectivity index (χ0n) is 13.9. The second-order valence-corrected chi connectivity index (χ2v) is 6.19. The topological polar surface area (TPSA) is 78.9 Å². The van der Waals surface area contributed by atoms with E-state index in [0.717, 1.165) is 0 Å².